The molecule has 0 amide bonds. The standard InChI is InChI=1S/C14H22FNO2/c1-10(2)16-8-13(9-17-4)18-14-7-12(15)6-5-11(14)3/h5-7,10,13,16H,8-9H2,1-4H3. The lowest BCUT2D eigenvalue weighted by atomic mass is 10.2. The number of hydrogen-bond acceptors (Lipinski definition) is 3. The van der Waals surface area contributed by atoms with Crippen molar-refractivity contribution in [2.24, 2.45) is 0 Å². The third-order valence-corrected chi connectivity index (χ3v) is 2.55. The monoisotopic (exact) mass is 255 g/mol. The van der Waals surface area contributed by atoms with Crippen molar-refractivity contribution in [3.8, 4) is 5.75 Å². The van der Waals surface area contributed by atoms with Gasteiger partial charge in [0.25, 0.3) is 0 Å². The molecule has 1 unspecified atom stereocenters. The van der Waals surface area contributed by atoms with Crippen LogP contribution in [0.15, 0.2) is 18.2 Å². The molecule has 0 aromatic heterocycles. The van der Waals surface area contributed by atoms with Crippen LogP contribution in [-0.2, 0) is 4.74 Å². The highest BCUT2D eigenvalue weighted by atomic mass is 19.1. The Kier molecular flexibility index (Phi) is 6.09. The van der Waals surface area contributed by atoms with Gasteiger partial charge in [-0.3, -0.25) is 0 Å². The minimum absolute atomic E-state index is 0.127. The summed E-state index contributed by atoms with van der Waals surface area (Å²) in [5.74, 6) is 0.284. The van der Waals surface area contributed by atoms with Crippen LogP contribution in [0, 0.1) is 12.7 Å². The first-order valence-electron chi connectivity index (χ1n) is 6.18. The molecule has 0 saturated heterocycles. The molecule has 1 rings (SSSR count). The van der Waals surface area contributed by atoms with Crippen LogP contribution in [0.1, 0.15) is 19.4 Å². The molecule has 4 heteroatoms. The molecule has 0 aliphatic rings. The van der Waals surface area contributed by atoms with Crippen molar-refractivity contribution in [1.82, 2.24) is 5.32 Å². The summed E-state index contributed by atoms with van der Waals surface area (Å²) in [4.78, 5) is 0. The Morgan fingerprint density at radius 3 is 2.67 bits per heavy atom. The molecule has 1 aromatic carbocycles. The molecule has 0 aliphatic heterocycles. The van der Waals surface area contributed by atoms with Crippen molar-refractivity contribution < 1.29 is 13.9 Å². The highest BCUT2D eigenvalue weighted by molar-refractivity contribution is 5.32. The Hall–Kier alpha value is -1.13. The first-order valence-corrected chi connectivity index (χ1v) is 6.18. The highest BCUT2D eigenvalue weighted by Gasteiger charge is 2.12. The van der Waals surface area contributed by atoms with Crippen LogP contribution in [0.5, 0.6) is 5.75 Å². The number of halogens is 1. The first kappa shape index (κ1) is 14.9. The van der Waals surface area contributed by atoms with E-state index in [1.807, 2.05) is 6.92 Å². The van der Waals surface area contributed by atoms with Gasteiger partial charge in [-0.1, -0.05) is 19.9 Å². The topological polar surface area (TPSA) is 30.5 Å². The molecule has 0 heterocycles. The summed E-state index contributed by atoms with van der Waals surface area (Å²) in [6.45, 7) is 7.17. The molecule has 0 radical (unpaired) electrons. The fourth-order valence-electron chi connectivity index (χ4n) is 1.57. The third kappa shape index (κ3) is 5.02. The molecular formula is C14H22FNO2. The van der Waals surface area contributed by atoms with Gasteiger partial charge in [0.1, 0.15) is 17.7 Å². The van der Waals surface area contributed by atoms with Gasteiger partial charge in [-0.2, -0.15) is 0 Å². The predicted octanol–water partition coefficient (Wildman–Crippen LogP) is 2.53. The summed E-state index contributed by atoms with van der Waals surface area (Å²) in [6.07, 6.45) is -0.127. The van der Waals surface area contributed by atoms with Crippen LogP contribution in [-0.4, -0.2) is 32.4 Å². The minimum atomic E-state index is -0.288. The highest BCUT2D eigenvalue weighted by Crippen LogP contribution is 2.20. The van der Waals surface area contributed by atoms with E-state index in [9.17, 15) is 4.39 Å². The van der Waals surface area contributed by atoms with Crippen molar-refractivity contribution in [2.75, 3.05) is 20.3 Å². The van der Waals surface area contributed by atoms with Crippen molar-refractivity contribution in [3.63, 3.8) is 0 Å². The Balaban J connectivity index is 2.66. The number of hydrogen-bond donors (Lipinski definition) is 1. The van der Waals surface area contributed by atoms with E-state index in [2.05, 4.69) is 19.2 Å². The molecule has 0 bridgehead atoms. The lowest BCUT2D eigenvalue weighted by molar-refractivity contribution is 0.0787. The molecule has 18 heavy (non-hydrogen) atoms. The van der Waals surface area contributed by atoms with Gasteiger partial charge in [0.2, 0.25) is 0 Å². The van der Waals surface area contributed by atoms with Gasteiger partial charge < -0.3 is 14.8 Å². The van der Waals surface area contributed by atoms with Crippen molar-refractivity contribution in [3.05, 3.63) is 29.6 Å². The second kappa shape index (κ2) is 7.34. The van der Waals surface area contributed by atoms with E-state index in [0.29, 0.717) is 24.9 Å². The summed E-state index contributed by atoms with van der Waals surface area (Å²) in [6, 6.07) is 4.93. The largest absolute Gasteiger partial charge is 0.486 e. The maximum absolute atomic E-state index is 13.2. The van der Waals surface area contributed by atoms with Crippen LogP contribution in [0.25, 0.3) is 0 Å². The molecular weight excluding hydrogens is 233 g/mol. The van der Waals surface area contributed by atoms with Gasteiger partial charge in [0.05, 0.1) is 6.61 Å². The van der Waals surface area contributed by atoms with Gasteiger partial charge in [-0.25, -0.2) is 4.39 Å². The second-order valence-corrected chi connectivity index (χ2v) is 4.67. The maximum Gasteiger partial charge on any atom is 0.134 e. The number of aryl methyl sites for hydroxylation is 1. The Morgan fingerprint density at radius 2 is 2.06 bits per heavy atom. The predicted molar refractivity (Wildman–Crippen MR) is 70.6 cm³/mol. The van der Waals surface area contributed by atoms with Crippen molar-refractivity contribution >= 4 is 0 Å². The molecule has 0 fully saturated rings. The second-order valence-electron chi connectivity index (χ2n) is 4.67. The quantitative estimate of drug-likeness (QED) is 0.812. The summed E-state index contributed by atoms with van der Waals surface area (Å²) >= 11 is 0. The van der Waals surface area contributed by atoms with Crippen LogP contribution in [0.4, 0.5) is 4.39 Å². The summed E-state index contributed by atoms with van der Waals surface area (Å²) in [7, 11) is 1.63. The zero-order valence-electron chi connectivity index (χ0n) is 11.5. The van der Waals surface area contributed by atoms with Crippen LogP contribution in [0.2, 0.25) is 0 Å². The van der Waals surface area contributed by atoms with Crippen molar-refractivity contribution in [2.45, 2.75) is 32.9 Å². The molecule has 1 atom stereocenters. The Bertz CT molecular complexity index is 369. The third-order valence-electron chi connectivity index (χ3n) is 2.55. The van der Waals surface area contributed by atoms with E-state index in [-0.39, 0.29) is 11.9 Å². The maximum atomic E-state index is 13.2. The smallest absolute Gasteiger partial charge is 0.134 e. The molecule has 1 N–H and O–H groups in total. The fourth-order valence-corrected chi connectivity index (χ4v) is 1.57. The molecule has 1 aromatic rings. The zero-order valence-corrected chi connectivity index (χ0v) is 11.5. The van der Waals surface area contributed by atoms with E-state index in [1.165, 1.54) is 12.1 Å². The van der Waals surface area contributed by atoms with Crippen LogP contribution in [0.3, 0.4) is 0 Å². The average molecular weight is 255 g/mol. The Labute approximate surface area is 108 Å². The van der Waals surface area contributed by atoms with Gasteiger partial charge >= 0.3 is 0 Å². The SMILES string of the molecule is COCC(CNC(C)C)Oc1cc(F)ccc1C. The fraction of sp³-hybridized carbons (Fsp3) is 0.571. The minimum Gasteiger partial charge on any atom is -0.486 e. The van der Waals surface area contributed by atoms with Gasteiger partial charge in [0, 0.05) is 25.8 Å². The van der Waals surface area contributed by atoms with Crippen LogP contribution >= 0.6 is 0 Å². The van der Waals surface area contributed by atoms with Crippen molar-refractivity contribution in [1.29, 1.82) is 0 Å². The number of methoxy groups -OCH3 is 1. The molecule has 102 valence electrons. The van der Waals surface area contributed by atoms with E-state index in [0.717, 1.165) is 5.56 Å². The lowest BCUT2D eigenvalue weighted by Gasteiger charge is -2.21. The molecule has 0 spiro atoms. The summed E-state index contributed by atoms with van der Waals surface area (Å²) in [5.41, 5.74) is 0.919. The van der Waals surface area contributed by atoms with E-state index in [4.69, 9.17) is 9.47 Å². The molecule has 0 saturated carbocycles. The Morgan fingerprint density at radius 1 is 1.33 bits per heavy atom. The molecule has 0 aliphatic carbocycles. The van der Waals surface area contributed by atoms with E-state index >= 15 is 0 Å². The number of benzene rings is 1. The van der Waals surface area contributed by atoms with Gasteiger partial charge in [-0.15, -0.1) is 0 Å². The van der Waals surface area contributed by atoms with Gasteiger partial charge in [0.15, 0.2) is 0 Å². The van der Waals surface area contributed by atoms with E-state index in [1.54, 1.807) is 13.2 Å². The lowest BCUT2D eigenvalue weighted by Crippen LogP contribution is -2.38. The summed E-state index contributed by atoms with van der Waals surface area (Å²) in [5, 5.41) is 3.29. The van der Waals surface area contributed by atoms with E-state index < -0.39 is 0 Å². The number of rotatable bonds is 7. The number of ether oxygens (including phenoxy) is 2. The number of nitrogens with one attached hydrogen (secondary N) is 1. The van der Waals surface area contributed by atoms with Crippen LogP contribution < -0.4 is 10.1 Å². The summed E-state index contributed by atoms with van der Waals surface area (Å²) < 4.78 is 24.1. The zero-order chi connectivity index (χ0) is 13.5. The van der Waals surface area contributed by atoms with Gasteiger partial charge in [-0.05, 0) is 18.6 Å². The normalized spacial score (nSPS) is 12.8. The first-order chi connectivity index (χ1) is 8.52. The average Bonchev–Trinajstić information content (AvgIpc) is 2.31. The molecule has 3 nitrogen and oxygen atoms in total.